The summed E-state index contributed by atoms with van der Waals surface area (Å²) in [5.41, 5.74) is 0. The van der Waals surface area contributed by atoms with Crippen LogP contribution >= 0.6 is 0 Å². The van der Waals surface area contributed by atoms with Gasteiger partial charge in [0.25, 0.3) is 0 Å². The van der Waals surface area contributed by atoms with E-state index < -0.39 is 67.1 Å². The molecule has 0 bridgehead atoms. The first-order chi connectivity index (χ1) is 32.1. The molecule has 4 rings (SSSR count). The van der Waals surface area contributed by atoms with Crippen LogP contribution in [0.25, 0.3) is 32.3 Å². The van der Waals surface area contributed by atoms with E-state index in [1.807, 2.05) is 36.4 Å². The van der Waals surface area contributed by atoms with Crippen LogP contribution in [0.5, 0.6) is 0 Å². The molecule has 12 heteroatoms. The van der Waals surface area contributed by atoms with Crippen LogP contribution in [0, 0.1) is 0 Å². The predicted octanol–water partition coefficient (Wildman–Crippen LogP) is 15.3. The molecule has 4 aromatic rings. The van der Waals surface area contributed by atoms with E-state index in [1.165, 1.54) is 0 Å². The summed E-state index contributed by atoms with van der Waals surface area (Å²) in [6.07, 6.45) is 23.5. The van der Waals surface area contributed by atoms with Gasteiger partial charge >= 0.3 is 0 Å². The second-order valence-electron chi connectivity index (χ2n) is 18.2. The van der Waals surface area contributed by atoms with E-state index in [0.717, 1.165) is 186 Å². The van der Waals surface area contributed by atoms with E-state index in [1.54, 1.807) is 0 Å². The fourth-order valence-corrected chi connectivity index (χ4v) is 17.7. The fraction of sp³-hybridized carbons (Fsp3) is 0.667. The first-order valence-corrected chi connectivity index (χ1v) is 33.8. The van der Waals surface area contributed by atoms with Gasteiger partial charge in [-0.2, -0.15) is 0 Å². The smallest absolute Gasteiger partial charge is 0.208 e. The first kappa shape index (κ1) is 58.1. The van der Waals surface area contributed by atoms with Crippen LogP contribution < -0.4 is 0 Å². The van der Waals surface area contributed by atoms with E-state index in [9.17, 15) is 27.3 Å². The molecule has 0 aliphatic rings. The maximum Gasteiger partial charge on any atom is 0.208 e. The van der Waals surface area contributed by atoms with Gasteiger partial charge in [0, 0.05) is 36.4 Å². The second-order valence-corrected chi connectivity index (χ2v) is 27.4. The van der Waals surface area contributed by atoms with Crippen molar-refractivity contribution in [2.24, 2.45) is 0 Å². The molecule has 66 heavy (non-hydrogen) atoms. The summed E-state index contributed by atoms with van der Waals surface area (Å²) in [6, 6.07) is 11.9. The Morgan fingerprint density at radius 2 is 0.364 bits per heavy atom. The quantitative estimate of drug-likeness (QED) is 0.0253. The average molecular weight is 1020 g/mol. The summed E-state index contributed by atoms with van der Waals surface area (Å²) in [4.78, 5) is 3.52. The van der Waals surface area contributed by atoms with Crippen molar-refractivity contribution in [1.29, 1.82) is 0 Å². The summed E-state index contributed by atoms with van der Waals surface area (Å²) in [6.45, 7) is 13.0. The number of rotatable bonds is 36. The third-order valence-electron chi connectivity index (χ3n) is 12.7. The molecular formula is C54H84O6S6. The molecule has 6 atom stereocenters. The van der Waals surface area contributed by atoms with E-state index >= 15 is 0 Å². The minimum atomic E-state index is -1.42. The zero-order valence-corrected chi connectivity index (χ0v) is 46.5. The van der Waals surface area contributed by atoms with Crippen molar-refractivity contribution in [1.82, 2.24) is 0 Å². The van der Waals surface area contributed by atoms with Gasteiger partial charge < -0.3 is 27.3 Å². The lowest BCUT2D eigenvalue weighted by atomic mass is 9.94. The maximum absolute atomic E-state index is 14.5. The Hall–Kier alpha value is -0.480. The Morgan fingerprint density at radius 3 is 0.485 bits per heavy atom. The Morgan fingerprint density at radius 1 is 0.227 bits per heavy atom. The lowest BCUT2D eigenvalue weighted by molar-refractivity contribution is 0.576. The number of hydrogen-bond acceptors (Lipinski definition) is 6. The first-order valence-electron chi connectivity index (χ1n) is 25.9. The van der Waals surface area contributed by atoms with Crippen LogP contribution in [-0.4, -0.2) is 61.8 Å². The second kappa shape index (κ2) is 32.5. The highest BCUT2D eigenvalue weighted by Crippen LogP contribution is 2.44. The van der Waals surface area contributed by atoms with Crippen molar-refractivity contribution in [3.8, 4) is 0 Å². The molecule has 0 saturated carbocycles. The third-order valence-corrected chi connectivity index (χ3v) is 22.0. The fourth-order valence-electron chi connectivity index (χ4n) is 8.70. The molecule has 0 radical (unpaired) electrons. The summed E-state index contributed by atoms with van der Waals surface area (Å²) in [5, 5.41) is 4.83. The monoisotopic (exact) mass is 1020 g/mol. The minimum absolute atomic E-state index is 0.472. The maximum atomic E-state index is 14.5. The van der Waals surface area contributed by atoms with Gasteiger partial charge in [0.2, 0.25) is 29.4 Å². The molecular weight excluding hydrogens is 937 g/mol. The van der Waals surface area contributed by atoms with Crippen molar-refractivity contribution in [2.75, 3.05) is 34.5 Å². The lowest BCUT2D eigenvalue weighted by Crippen LogP contribution is -2.17. The topological polar surface area (TPSA) is 138 Å². The highest BCUT2D eigenvalue weighted by atomic mass is 32.2. The largest absolute Gasteiger partial charge is 0.611 e. The van der Waals surface area contributed by atoms with Crippen LogP contribution in [0.4, 0.5) is 0 Å². The number of benzene rings is 4. The van der Waals surface area contributed by atoms with Crippen LogP contribution in [0.15, 0.2) is 65.8 Å². The average Bonchev–Trinajstić information content (AvgIpc) is 3.33. The Bertz CT molecular complexity index is 1610. The summed E-state index contributed by atoms with van der Waals surface area (Å²) in [5.74, 6) is 2.83. The van der Waals surface area contributed by atoms with E-state index in [-0.39, 0.29) is 0 Å². The van der Waals surface area contributed by atoms with Gasteiger partial charge in [0.1, 0.15) is 34.5 Å². The van der Waals surface area contributed by atoms with Gasteiger partial charge in [-0.3, -0.25) is 0 Å². The van der Waals surface area contributed by atoms with Crippen LogP contribution in [0.2, 0.25) is 0 Å². The van der Waals surface area contributed by atoms with E-state index in [2.05, 4.69) is 41.5 Å². The third kappa shape index (κ3) is 17.4. The number of unbranched alkanes of at least 4 members (excludes halogenated alkanes) is 18. The summed E-state index contributed by atoms with van der Waals surface area (Å²) >= 11 is -8.53. The van der Waals surface area contributed by atoms with Gasteiger partial charge in [0.05, 0.1) is 0 Å². The molecule has 4 aromatic carbocycles. The van der Waals surface area contributed by atoms with Crippen molar-refractivity contribution in [2.45, 2.75) is 225 Å². The minimum Gasteiger partial charge on any atom is -0.611 e. The van der Waals surface area contributed by atoms with Crippen LogP contribution in [0.3, 0.4) is 0 Å². The van der Waals surface area contributed by atoms with Gasteiger partial charge in [-0.15, -0.1) is 0 Å². The molecule has 0 saturated heterocycles. The van der Waals surface area contributed by atoms with Gasteiger partial charge in [-0.25, -0.2) is 0 Å². The SMILES string of the molecule is CCCCCC[S+]([O-])c1cc2c3cc([S+]([O-])CCCCCC)c([S+]([O-])CCCCCC)cc3c3cc([S+]([O-])CCCCCC)c([S+]([O-])CCCCCC)cc3c2cc1[S+]([O-])CCCCCC. The van der Waals surface area contributed by atoms with Gasteiger partial charge in [-0.05, 0) is 176 Å². The molecule has 0 heterocycles. The number of fused-ring (bicyclic) bond motifs is 6. The lowest BCUT2D eigenvalue weighted by Gasteiger charge is -2.22. The van der Waals surface area contributed by atoms with Crippen LogP contribution in [-0.2, 0) is 67.1 Å². The highest BCUT2D eigenvalue weighted by molar-refractivity contribution is 7.95. The standard InChI is InChI=1S/C54H84O6S6/c1-7-13-19-25-31-61(55)49-37-43-44(38-50(49)62(56)32-26-20-14-8-2)46-40-52(64(58)34-28-22-16-10-4)54(66(60)36-30-24-18-12-6)42-48(46)47-41-53(65(59)35-29-23-17-11-5)51(39-45(43)47)63(57)33-27-21-15-9-3/h37-42H,7-36H2,1-6H3. The van der Waals surface area contributed by atoms with Crippen molar-refractivity contribution in [3.63, 3.8) is 0 Å². The Balaban J connectivity index is 2.15. The van der Waals surface area contributed by atoms with Crippen molar-refractivity contribution < 1.29 is 27.3 Å². The molecule has 372 valence electrons. The number of hydrogen-bond donors (Lipinski definition) is 0. The van der Waals surface area contributed by atoms with E-state index in [0.29, 0.717) is 63.9 Å². The molecule has 6 unspecified atom stereocenters. The molecule has 6 nitrogen and oxygen atoms in total. The zero-order chi connectivity index (χ0) is 47.8. The summed E-state index contributed by atoms with van der Waals surface area (Å²) < 4.78 is 87.2. The molecule has 0 aliphatic carbocycles. The zero-order valence-electron chi connectivity index (χ0n) is 41.6. The van der Waals surface area contributed by atoms with Gasteiger partial charge in [-0.1, -0.05) is 119 Å². The molecule has 0 spiro atoms. The molecule has 0 fully saturated rings. The van der Waals surface area contributed by atoms with Crippen LogP contribution in [0.1, 0.15) is 196 Å². The summed E-state index contributed by atoms with van der Waals surface area (Å²) in [7, 11) is 0. The predicted molar refractivity (Wildman–Crippen MR) is 291 cm³/mol. The Kier molecular flexibility index (Phi) is 28.6. The van der Waals surface area contributed by atoms with Gasteiger partial charge in [0.15, 0.2) is 0 Å². The normalized spacial score (nSPS) is 14.9. The Labute approximate surface area is 419 Å². The highest BCUT2D eigenvalue weighted by Gasteiger charge is 2.33. The molecule has 0 aromatic heterocycles. The molecule has 0 N–H and O–H groups in total. The van der Waals surface area contributed by atoms with Crippen molar-refractivity contribution >= 4 is 99.4 Å². The molecule has 0 amide bonds. The van der Waals surface area contributed by atoms with E-state index in [4.69, 9.17) is 0 Å². The van der Waals surface area contributed by atoms with Crippen molar-refractivity contribution in [3.05, 3.63) is 36.4 Å². The molecule has 0 aliphatic heterocycles.